The van der Waals surface area contributed by atoms with E-state index in [1.165, 1.54) is 5.57 Å². The fraction of sp³-hybridized carbons (Fsp3) is 0.450. The number of hydrogen-bond acceptors (Lipinski definition) is 2. The second kappa shape index (κ2) is 7.37. The van der Waals surface area contributed by atoms with Crippen LogP contribution in [0.1, 0.15) is 44.6 Å². The summed E-state index contributed by atoms with van der Waals surface area (Å²) in [5, 5.41) is 0. The molecule has 1 aromatic carbocycles. The third-order valence-electron chi connectivity index (χ3n) is 4.51. The first kappa shape index (κ1) is 15.7. The van der Waals surface area contributed by atoms with Crippen molar-refractivity contribution in [2.75, 3.05) is 0 Å². The fourth-order valence-corrected chi connectivity index (χ4v) is 3.43. The molecule has 3 heteroatoms. The molecule has 2 bridgehead atoms. The molecule has 2 aliphatic heterocycles. The number of hydrogen-bond donors (Lipinski definition) is 0. The summed E-state index contributed by atoms with van der Waals surface area (Å²) in [6.45, 7) is 2.41. The van der Waals surface area contributed by atoms with E-state index < -0.39 is 0 Å². The summed E-state index contributed by atoms with van der Waals surface area (Å²) in [7, 11) is 0. The molecule has 0 N–H and O–H groups in total. The van der Waals surface area contributed by atoms with Gasteiger partial charge in [0.15, 0.2) is 0 Å². The predicted octanol–water partition coefficient (Wildman–Crippen LogP) is 4.29. The molecule has 120 valence electrons. The standard InChI is InChI=1S/C20H23NO2/c1-2-3-5-10-17-13-18-11-12-19(14-17)21(18)20(22)23-15-16-8-6-4-7-9-16/h4,6-9,13,18-19H,2,10-12,14-15H2,1H3. The summed E-state index contributed by atoms with van der Waals surface area (Å²) in [5.41, 5.74) is 2.40. The Morgan fingerprint density at radius 1 is 1.26 bits per heavy atom. The fourth-order valence-electron chi connectivity index (χ4n) is 3.43. The van der Waals surface area contributed by atoms with Crippen LogP contribution < -0.4 is 0 Å². The van der Waals surface area contributed by atoms with Crippen LogP contribution in [-0.4, -0.2) is 23.1 Å². The van der Waals surface area contributed by atoms with E-state index in [4.69, 9.17) is 4.74 Å². The van der Waals surface area contributed by atoms with Gasteiger partial charge in [-0.1, -0.05) is 54.8 Å². The molecule has 2 atom stereocenters. The van der Waals surface area contributed by atoms with Crippen LogP contribution in [0.15, 0.2) is 42.0 Å². The molecule has 2 unspecified atom stereocenters. The van der Waals surface area contributed by atoms with Crippen LogP contribution in [0.3, 0.4) is 0 Å². The molecule has 1 aromatic rings. The molecule has 3 rings (SSSR count). The molecular formula is C20H23NO2. The van der Waals surface area contributed by atoms with Crippen molar-refractivity contribution in [2.45, 2.75) is 57.7 Å². The molecule has 1 amide bonds. The highest BCUT2D eigenvalue weighted by Gasteiger charge is 2.40. The van der Waals surface area contributed by atoms with Gasteiger partial charge in [0.25, 0.3) is 0 Å². The highest BCUT2D eigenvalue weighted by molar-refractivity contribution is 5.70. The molecular weight excluding hydrogens is 286 g/mol. The third kappa shape index (κ3) is 3.76. The number of carbonyl (C=O) groups is 1. The van der Waals surface area contributed by atoms with Crippen molar-refractivity contribution in [2.24, 2.45) is 0 Å². The van der Waals surface area contributed by atoms with Crippen molar-refractivity contribution in [3.63, 3.8) is 0 Å². The predicted molar refractivity (Wildman–Crippen MR) is 90.7 cm³/mol. The number of carbonyl (C=O) groups excluding carboxylic acids is 1. The van der Waals surface area contributed by atoms with E-state index in [2.05, 4.69) is 24.8 Å². The smallest absolute Gasteiger partial charge is 0.410 e. The Balaban J connectivity index is 1.59. The van der Waals surface area contributed by atoms with Crippen LogP contribution in [0.25, 0.3) is 0 Å². The van der Waals surface area contributed by atoms with Gasteiger partial charge in [0.2, 0.25) is 0 Å². The molecule has 0 aliphatic carbocycles. The second-order valence-electron chi connectivity index (χ2n) is 6.16. The van der Waals surface area contributed by atoms with Crippen LogP contribution in [0.2, 0.25) is 0 Å². The molecule has 0 radical (unpaired) electrons. The minimum absolute atomic E-state index is 0.184. The minimum Gasteiger partial charge on any atom is -0.445 e. The number of amides is 1. The molecule has 0 spiro atoms. The highest BCUT2D eigenvalue weighted by Crippen LogP contribution is 2.36. The van der Waals surface area contributed by atoms with Gasteiger partial charge in [-0.15, -0.1) is 5.92 Å². The zero-order valence-corrected chi connectivity index (χ0v) is 13.6. The lowest BCUT2D eigenvalue weighted by atomic mass is 9.99. The monoisotopic (exact) mass is 309 g/mol. The van der Waals surface area contributed by atoms with Crippen LogP contribution >= 0.6 is 0 Å². The van der Waals surface area contributed by atoms with Crippen molar-refractivity contribution in [3.8, 4) is 11.8 Å². The Labute approximate surface area is 138 Å². The summed E-state index contributed by atoms with van der Waals surface area (Å²) in [6.07, 6.45) is 6.83. The second-order valence-corrected chi connectivity index (χ2v) is 6.16. The minimum atomic E-state index is -0.184. The Hall–Kier alpha value is -2.21. The molecule has 2 heterocycles. The molecule has 1 saturated heterocycles. The largest absolute Gasteiger partial charge is 0.445 e. The van der Waals surface area contributed by atoms with Crippen molar-refractivity contribution < 1.29 is 9.53 Å². The Morgan fingerprint density at radius 3 is 2.83 bits per heavy atom. The van der Waals surface area contributed by atoms with E-state index in [0.29, 0.717) is 6.61 Å². The van der Waals surface area contributed by atoms with E-state index in [1.807, 2.05) is 35.2 Å². The quantitative estimate of drug-likeness (QED) is 0.616. The van der Waals surface area contributed by atoms with Crippen LogP contribution in [0.5, 0.6) is 0 Å². The summed E-state index contributed by atoms with van der Waals surface area (Å²) in [6, 6.07) is 10.3. The van der Waals surface area contributed by atoms with Crippen molar-refractivity contribution >= 4 is 6.09 Å². The van der Waals surface area contributed by atoms with E-state index >= 15 is 0 Å². The molecule has 0 saturated carbocycles. The Morgan fingerprint density at radius 2 is 2.09 bits per heavy atom. The molecule has 23 heavy (non-hydrogen) atoms. The maximum atomic E-state index is 12.4. The molecule has 1 fully saturated rings. The van der Waals surface area contributed by atoms with Crippen LogP contribution in [-0.2, 0) is 11.3 Å². The first-order valence-electron chi connectivity index (χ1n) is 8.42. The van der Waals surface area contributed by atoms with E-state index in [0.717, 1.165) is 37.7 Å². The van der Waals surface area contributed by atoms with Crippen molar-refractivity contribution in [1.82, 2.24) is 4.90 Å². The maximum absolute atomic E-state index is 12.4. The van der Waals surface area contributed by atoms with Crippen molar-refractivity contribution in [1.29, 1.82) is 0 Å². The average molecular weight is 309 g/mol. The van der Waals surface area contributed by atoms with E-state index in [9.17, 15) is 4.79 Å². The van der Waals surface area contributed by atoms with E-state index in [-0.39, 0.29) is 18.2 Å². The van der Waals surface area contributed by atoms with Gasteiger partial charge >= 0.3 is 6.09 Å². The number of fused-ring (bicyclic) bond motifs is 2. The zero-order valence-electron chi connectivity index (χ0n) is 13.6. The van der Waals surface area contributed by atoms with Gasteiger partial charge < -0.3 is 4.74 Å². The lowest BCUT2D eigenvalue weighted by Crippen LogP contribution is -2.43. The first-order chi connectivity index (χ1) is 11.3. The Bertz CT molecular complexity index is 639. The maximum Gasteiger partial charge on any atom is 0.410 e. The van der Waals surface area contributed by atoms with Gasteiger partial charge in [-0.3, -0.25) is 4.90 Å². The van der Waals surface area contributed by atoms with Gasteiger partial charge in [0, 0.05) is 18.9 Å². The van der Waals surface area contributed by atoms with Crippen LogP contribution in [0, 0.1) is 11.8 Å². The average Bonchev–Trinajstić information content (AvgIpc) is 2.85. The summed E-state index contributed by atoms with van der Waals surface area (Å²) < 4.78 is 5.51. The lowest BCUT2D eigenvalue weighted by Gasteiger charge is -2.32. The topological polar surface area (TPSA) is 29.5 Å². The first-order valence-corrected chi connectivity index (χ1v) is 8.42. The molecule has 2 aliphatic rings. The summed E-state index contributed by atoms with van der Waals surface area (Å²) in [5.74, 6) is 6.33. The van der Waals surface area contributed by atoms with Gasteiger partial charge in [-0.2, -0.15) is 0 Å². The number of rotatable bonds is 3. The van der Waals surface area contributed by atoms with Crippen LogP contribution in [0.4, 0.5) is 4.79 Å². The van der Waals surface area contributed by atoms with Crippen molar-refractivity contribution in [3.05, 3.63) is 47.5 Å². The van der Waals surface area contributed by atoms with Gasteiger partial charge in [0.1, 0.15) is 6.61 Å². The van der Waals surface area contributed by atoms with Gasteiger partial charge in [-0.25, -0.2) is 4.79 Å². The number of ether oxygens (including phenoxy) is 1. The lowest BCUT2D eigenvalue weighted by molar-refractivity contribution is 0.0816. The SMILES string of the molecule is CCC#CCC1=CC2CCC(C1)N2C(=O)OCc1ccccc1. The molecule has 0 aromatic heterocycles. The molecule has 3 nitrogen and oxygen atoms in total. The Kier molecular flexibility index (Phi) is 5.02. The summed E-state index contributed by atoms with van der Waals surface area (Å²) in [4.78, 5) is 14.4. The number of benzene rings is 1. The highest BCUT2D eigenvalue weighted by atomic mass is 16.6. The number of nitrogens with zero attached hydrogens (tertiary/aromatic N) is 1. The van der Waals surface area contributed by atoms with Gasteiger partial charge in [0.05, 0.1) is 6.04 Å². The van der Waals surface area contributed by atoms with Gasteiger partial charge in [-0.05, 0) is 24.8 Å². The zero-order chi connectivity index (χ0) is 16.1. The summed E-state index contributed by atoms with van der Waals surface area (Å²) >= 11 is 0. The normalized spacial score (nSPS) is 22.1. The third-order valence-corrected chi connectivity index (χ3v) is 4.51. The van der Waals surface area contributed by atoms with E-state index in [1.54, 1.807) is 0 Å².